The fourth-order valence-corrected chi connectivity index (χ4v) is 3.80. The van der Waals surface area contributed by atoms with E-state index in [2.05, 4.69) is 25.7 Å². The Morgan fingerprint density at radius 1 is 1.27 bits per heavy atom. The summed E-state index contributed by atoms with van der Waals surface area (Å²) < 4.78 is 1.50. The first-order chi connectivity index (χ1) is 14.1. The third-order valence-corrected chi connectivity index (χ3v) is 5.30. The van der Waals surface area contributed by atoms with E-state index in [0.29, 0.717) is 43.8 Å². The summed E-state index contributed by atoms with van der Waals surface area (Å²) >= 11 is 0. The van der Waals surface area contributed by atoms with Crippen LogP contribution in [0.3, 0.4) is 0 Å². The van der Waals surface area contributed by atoms with E-state index in [0.717, 1.165) is 0 Å². The number of likely N-dealkylation sites (tertiary alicyclic amines) is 1. The highest BCUT2D eigenvalue weighted by atomic mass is 16.2. The Morgan fingerprint density at radius 3 is 2.53 bits per heavy atom. The Bertz CT molecular complexity index is 1100. The van der Waals surface area contributed by atoms with Gasteiger partial charge in [-0.15, -0.1) is 0 Å². The molecule has 4 amide bonds. The quantitative estimate of drug-likeness (QED) is 0.681. The van der Waals surface area contributed by atoms with E-state index < -0.39 is 11.6 Å². The molecular formula is C19H22N8O3. The van der Waals surface area contributed by atoms with Crippen LogP contribution in [0.2, 0.25) is 0 Å². The number of aromatic nitrogens is 4. The van der Waals surface area contributed by atoms with Crippen molar-refractivity contribution < 1.29 is 14.4 Å². The van der Waals surface area contributed by atoms with E-state index >= 15 is 0 Å². The van der Waals surface area contributed by atoms with Crippen molar-refractivity contribution in [2.45, 2.75) is 45.6 Å². The number of nitrogens with zero attached hydrogens (tertiary/aromatic N) is 6. The predicted octanol–water partition coefficient (Wildman–Crippen LogP) is 0.399. The second-order valence-corrected chi connectivity index (χ2v) is 8.89. The molecule has 2 fully saturated rings. The molecule has 0 atom stereocenters. The lowest BCUT2D eigenvalue weighted by Crippen LogP contribution is -2.55. The molecule has 4 heterocycles. The van der Waals surface area contributed by atoms with E-state index in [4.69, 9.17) is 0 Å². The molecule has 0 unspecified atom stereocenters. The minimum Gasteiger partial charge on any atom is -0.336 e. The summed E-state index contributed by atoms with van der Waals surface area (Å²) in [5.74, 6) is -0.129. The van der Waals surface area contributed by atoms with E-state index in [1.165, 1.54) is 10.6 Å². The number of urea groups is 1. The standard InChI is InChI=1S/C19H22N8O3/c1-18(2,3)9-13-22-14(21-12-8-11(10-20)25-27(12)13)15(28)26-6-4-19(5-7-26)16(29)23-17(30)24-19/h8H,4-7,9H2,1-3H3,(H2,23,24,29,30). The van der Waals surface area contributed by atoms with Gasteiger partial charge in [-0.05, 0) is 18.3 Å². The van der Waals surface area contributed by atoms with Crippen LogP contribution in [0.5, 0.6) is 0 Å². The molecule has 156 valence electrons. The fourth-order valence-electron chi connectivity index (χ4n) is 3.80. The van der Waals surface area contributed by atoms with Crippen LogP contribution in [0.1, 0.15) is 55.8 Å². The molecule has 0 radical (unpaired) electrons. The van der Waals surface area contributed by atoms with Gasteiger partial charge in [0.1, 0.15) is 17.4 Å². The molecular weight excluding hydrogens is 388 g/mol. The van der Waals surface area contributed by atoms with Crippen molar-refractivity contribution in [3.8, 4) is 6.07 Å². The molecule has 0 bridgehead atoms. The zero-order valence-corrected chi connectivity index (χ0v) is 17.0. The SMILES string of the molecule is CC(C)(C)Cc1nc(C(=O)N2CCC3(CC2)NC(=O)NC3=O)nc2cc(C#N)nn12. The third-order valence-electron chi connectivity index (χ3n) is 5.30. The van der Waals surface area contributed by atoms with E-state index in [9.17, 15) is 19.6 Å². The first-order valence-corrected chi connectivity index (χ1v) is 9.70. The zero-order chi connectivity index (χ0) is 21.7. The first kappa shape index (κ1) is 19.8. The lowest BCUT2D eigenvalue weighted by molar-refractivity contribution is -0.125. The maximum Gasteiger partial charge on any atom is 0.322 e. The minimum atomic E-state index is -0.955. The monoisotopic (exact) mass is 410 g/mol. The Balaban J connectivity index is 1.61. The molecule has 1 spiro atoms. The number of imide groups is 1. The summed E-state index contributed by atoms with van der Waals surface area (Å²) in [4.78, 5) is 47.1. The van der Waals surface area contributed by atoms with Crippen molar-refractivity contribution >= 4 is 23.5 Å². The van der Waals surface area contributed by atoms with Crippen LogP contribution < -0.4 is 10.6 Å². The maximum absolute atomic E-state index is 13.1. The van der Waals surface area contributed by atoms with Crippen LogP contribution in [0, 0.1) is 16.7 Å². The van der Waals surface area contributed by atoms with Gasteiger partial charge in [-0.25, -0.2) is 14.8 Å². The number of fused-ring (bicyclic) bond motifs is 1. The highest BCUT2D eigenvalue weighted by Gasteiger charge is 2.48. The van der Waals surface area contributed by atoms with Crippen molar-refractivity contribution in [1.29, 1.82) is 5.26 Å². The number of hydrogen-bond acceptors (Lipinski definition) is 7. The molecule has 11 heteroatoms. The predicted molar refractivity (Wildman–Crippen MR) is 103 cm³/mol. The lowest BCUT2D eigenvalue weighted by atomic mass is 9.87. The number of amides is 4. The zero-order valence-electron chi connectivity index (χ0n) is 17.0. The van der Waals surface area contributed by atoms with Gasteiger partial charge in [0.25, 0.3) is 11.8 Å². The van der Waals surface area contributed by atoms with Crippen LogP contribution >= 0.6 is 0 Å². The normalized spacial score (nSPS) is 18.4. The Hall–Kier alpha value is -3.55. The number of nitriles is 1. The Morgan fingerprint density at radius 2 is 1.97 bits per heavy atom. The maximum atomic E-state index is 13.1. The molecule has 2 aliphatic heterocycles. The van der Waals surface area contributed by atoms with Crippen molar-refractivity contribution in [3.05, 3.63) is 23.4 Å². The largest absolute Gasteiger partial charge is 0.336 e. The first-order valence-electron chi connectivity index (χ1n) is 9.70. The van der Waals surface area contributed by atoms with Gasteiger partial charge in [-0.2, -0.15) is 14.9 Å². The second-order valence-electron chi connectivity index (χ2n) is 8.89. The van der Waals surface area contributed by atoms with Gasteiger partial charge in [0.2, 0.25) is 5.82 Å². The minimum absolute atomic E-state index is 0.0296. The summed E-state index contributed by atoms with van der Waals surface area (Å²) in [6.45, 7) is 6.71. The van der Waals surface area contributed by atoms with Gasteiger partial charge in [-0.3, -0.25) is 14.9 Å². The Kier molecular flexibility index (Phi) is 4.45. The molecule has 30 heavy (non-hydrogen) atoms. The molecule has 2 saturated heterocycles. The van der Waals surface area contributed by atoms with Crippen molar-refractivity contribution in [1.82, 2.24) is 35.1 Å². The van der Waals surface area contributed by atoms with E-state index in [1.54, 1.807) is 4.90 Å². The lowest BCUT2D eigenvalue weighted by Gasteiger charge is -2.36. The molecule has 11 nitrogen and oxygen atoms in total. The Labute approximate surface area is 172 Å². The number of carbonyl (C=O) groups is 3. The average Bonchev–Trinajstić information content (AvgIpc) is 3.21. The number of nitrogens with one attached hydrogen (secondary N) is 2. The number of rotatable bonds is 2. The summed E-state index contributed by atoms with van der Waals surface area (Å²) in [6, 6.07) is 3.00. The van der Waals surface area contributed by atoms with Gasteiger partial charge in [-0.1, -0.05) is 20.8 Å². The number of carbonyl (C=O) groups excluding carboxylic acids is 3. The smallest absolute Gasteiger partial charge is 0.322 e. The molecule has 2 aromatic heterocycles. The van der Waals surface area contributed by atoms with Crippen molar-refractivity contribution in [3.63, 3.8) is 0 Å². The number of hydrogen-bond donors (Lipinski definition) is 2. The van der Waals surface area contributed by atoms with Gasteiger partial charge in [0.05, 0.1) is 0 Å². The van der Waals surface area contributed by atoms with E-state index in [1.807, 2.05) is 26.8 Å². The topological polar surface area (TPSA) is 145 Å². The molecule has 0 aliphatic carbocycles. The van der Waals surface area contributed by atoms with Gasteiger partial charge < -0.3 is 10.2 Å². The molecule has 2 N–H and O–H groups in total. The van der Waals surface area contributed by atoms with Gasteiger partial charge >= 0.3 is 6.03 Å². The van der Waals surface area contributed by atoms with Crippen LogP contribution in [0.4, 0.5) is 4.79 Å². The summed E-state index contributed by atoms with van der Waals surface area (Å²) in [6.07, 6.45) is 1.17. The summed E-state index contributed by atoms with van der Waals surface area (Å²) in [5, 5.41) is 18.3. The summed E-state index contributed by atoms with van der Waals surface area (Å²) in [7, 11) is 0. The second kappa shape index (κ2) is 6.76. The highest BCUT2D eigenvalue weighted by molar-refractivity contribution is 6.07. The molecule has 0 saturated carbocycles. The van der Waals surface area contributed by atoms with Gasteiger partial charge in [0.15, 0.2) is 11.3 Å². The summed E-state index contributed by atoms with van der Waals surface area (Å²) in [5.41, 5.74) is -0.484. The van der Waals surface area contributed by atoms with Gasteiger partial charge in [0, 0.05) is 25.6 Å². The van der Waals surface area contributed by atoms with Crippen LogP contribution in [0.25, 0.3) is 5.65 Å². The molecule has 0 aromatic carbocycles. The highest BCUT2D eigenvalue weighted by Crippen LogP contribution is 2.26. The van der Waals surface area contributed by atoms with Crippen LogP contribution in [-0.4, -0.2) is 61.0 Å². The number of piperidine rings is 1. The average molecular weight is 410 g/mol. The third kappa shape index (κ3) is 3.45. The molecule has 2 aromatic rings. The fraction of sp³-hybridized carbons (Fsp3) is 0.526. The molecule has 2 aliphatic rings. The van der Waals surface area contributed by atoms with Crippen molar-refractivity contribution in [2.75, 3.05) is 13.1 Å². The van der Waals surface area contributed by atoms with E-state index in [-0.39, 0.29) is 28.7 Å². The molecule has 4 rings (SSSR count). The van der Waals surface area contributed by atoms with Crippen LogP contribution in [0.15, 0.2) is 6.07 Å². The van der Waals surface area contributed by atoms with Crippen LogP contribution in [-0.2, 0) is 11.2 Å². The van der Waals surface area contributed by atoms with Crippen molar-refractivity contribution in [2.24, 2.45) is 5.41 Å².